The number of fused-ring (bicyclic) bond motifs is 1. The van der Waals surface area contributed by atoms with Crippen LogP contribution < -0.4 is 9.47 Å². The molecule has 2 aromatic carbocycles. The van der Waals surface area contributed by atoms with Crippen molar-refractivity contribution in [3.8, 4) is 17.2 Å². The van der Waals surface area contributed by atoms with Gasteiger partial charge in [0.15, 0.2) is 5.78 Å². The summed E-state index contributed by atoms with van der Waals surface area (Å²) in [6.07, 6.45) is 4.23. The summed E-state index contributed by atoms with van der Waals surface area (Å²) < 4.78 is 11.5. The summed E-state index contributed by atoms with van der Waals surface area (Å²) >= 11 is 0. The molecule has 3 rings (SSSR count). The van der Waals surface area contributed by atoms with Crippen LogP contribution in [0.5, 0.6) is 17.2 Å². The lowest BCUT2D eigenvalue weighted by Gasteiger charge is -2.10. The molecule has 0 spiro atoms. The van der Waals surface area contributed by atoms with Crippen molar-refractivity contribution in [3.63, 3.8) is 0 Å². The van der Waals surface area contributed by atoms with E-state index in [1.165, 1.54) is 18.2 Å². The van der Waals surface area contributed by atoms with Crippen LogP contribution >= 0.6 is 0 Å². The van der Waals surface area contributed by atoms with Crippen molar-refractivity contribution < 1.29 is 19.4 Å². The van der Waals surface area contributed by atoms with Gasteiger partial charge in [0.2, 0.25) is 0 Å². The van der Waals surface area contributed by atoms with Gasteiger partial charge in [-0.3, -0.25) is 4.79 Å². The van der Waals surface area contributed by atoms with Crippen LogP contribution in [0.1, 0.15) is 35.3 Å². The van der Waals surface area contributed by atoms with E-state index in [-0.39, 0.29) is 17.6 Å². The first kappa shape index (κ1) is 16.1. The summed E-state index contributed by atoms with van der Waals surface area (Å²) in [7, 11) is 0. The monoisotopic (exact) mass is 324 g/mol. The summed E-state index contributed by atoms with van der Waals surface area (Å²) in [6.45, 7) is 4.51. The summed E-state index contributed by atoms with van der Waals surface area (Å²) in [6, 6.07) is 10.2. The first-order valence-electron chi connectivity index (χ1n) is 8.04. The van der Waals surface area contributed by atoms with Gasteiger partial charge in [-0.1, -0.05) is 12.1 Å². The Kier molecular flexibility index (Phi) is 4.56. The number of phenols is 1. The number of hydrogen-bond acceptors (Lipinski definition) is 4. The predicted molar refractivity (Wildman–Crippen MR) is 92.9 cm³/mol. The number of aromatic hydroxyl groups is 1. The summed E-state index contributed by atoms with van der Waals surface area (Å²) in [5.41, 5.74) is 2.37. The van der Waals surface area contributed by atoms with E-state index in [9.17, 15) is 9.90 Å². The van der Waals surface area contributed by atoms with E-state index in [2.05, 4.69) is 0 Å². The lowest BCUT2D eigenvalue weighted by Crippen LogP contribution is -2.05. The van der Waals surface area contributed by atoms with Crippen molar-refractivity contribution in [1.82, 2.24) is 0 Å². The van der Waals surface area contributed by atoms with Gasteiger partial charge in [-0.25, -0.2) is 0 Å². The SMILES string of the molecule is CCOc1cc2c(cc1C=CC(=O)c1cccc(O)c1)OC(C)C2. The molecule has 0 bridgehead atoms. The number of carbonyl (C=O) groups excluding carboxylic acids is 1. The Hall–Kier alpha value is -2.75. The van der Waals surface area contributed by atoms with E-state index in [4.69, 9.17) is 9.47 Å². The van der Waals surface area contributed by atoms with Crippen LogP contribution in [0.3, 0.4) is 0 Å². The van der Waals surface area contributed by atoms with Gasteiger partial charge in [-0.15, -0.1) is 0 Å². The van der Waals surface area contributed by atoms with Gasteiger partial charge in [-0.05, 0) is 50.3 Å². The standard InChI is InChI=1S/C20H20O4/c1-3-23-19-12-16-9-13(2)24-20(16)11-15(19)7-8-18(22)14-5-4-6-17(21)10-14/h4-8,10-13,21H,3,9H2,1-2H3. The quantitative estimate of drug-likeness (QED) is 0.667. The van der Waals surface area contributed by atoms with Crippen LogP contribution in [0.2, 0.25) is 0 Å². The van der Waals surface area contributed by atoms with Gasteiger partial charge in [0.05, 0.1) is 6.61 Å². The Morgan fingerprint density at radius 2 is 2.21 bits per heavy atom. The fraction of sp³-hybridized carbons (Fsp3) is 0.250. The number of benzene rings is 2. The van der Waals surface area contributed by atoms with Crippen molar-refractivity contribution >= 4 is 11.9 Å². The third kappa shape index (κ3) is 3.43. The lowest BCUT2D eigenvalue weighted by atomic mass is 10.0. The molecule has 0 amide bonds. The normalized spacial score (nSPS) is 16.0. The number of phenolic OH excluding ortho intramolecular Hbond substituents is 1. The molecule has 0 aromatic heterocycles. The fourth-order valence-electron chi connectivity index (χ4n) is 2.79. The highest BCUT2D eigenvalue weighted by Gasteiger charge is 2.21. The highest BCUT2D eigenvalue weighted by molar-refractivity contribution is 6.07. The first-order valence-corrected chi connectivity index (χ1v) is 8.04. The molecule has 0 radical (unpaired) electrons. The van der Waals surface area contributed by atoms with Crippen LogP contribution in [0.15, 0.2) is 42.5 Å². The van der Waals surface area contributed by atoms with Gasteiger partial charge < -0.3 is 14.6 Å². The van der Waals surface area contributed by atoms with Crippen molar-refractivity contribution in [2.24, 2.45) is 0 Å². The second-order valence-electron chi connectivity index (χ2n) is 5.81. The summed E-state index contributed by atoms with van der Waals surface area (Å²) in [5, 5.41) is 9.48. The number of hydrogen-bond donors (Lipinski definition) is 1. The molecule has 4 nitrogen and oxygen atoms in total. The number of ketones is 1. The molecule has 4 heteroatoms. The van der Waals surface area contributed by atoms with Crippen molar-refractivity contribution in [3.05, 3.63) is 59.2 Å². The van der Waals surface area contributed by atoms with Gasteiger partial charge in [0.1, 0.15) is 23.4 Å². The second-order valence-corrected chi connectivity index (χ2v) is 5.81. The summed E-state index contributed by atoms with van der Waals surface area (Å²) in [4.78, 5) is 12.3. The molecule has 0 saturated carbocycles. The van der Waals surface area contributed by atoms with Gasteiger partial charge in [0, 0.05) is 23.1 Å². The number of allylic oxidation sites excluding steroid dienone is 1. The Bertz CT molecular complexity index is 792. The van der Waals surface area contributed by atoms with Crippen LogP contribution in [0.25, 0.3) is 6.08 Å². The molecule has 2 aromatic rings. The second kappa shape index (κ2) is 6.79. The van der Waals surface area contributed by atoms with Gasteiger partial charge >= 0.3 is 0 Å². The molecule has 1 atom stereocenters. The Morgan fingerprint density at radius 1 is 1.38 bits per heavy atom. The van der Waals surface area contributed by atoms with Gasteiger partial charge in [0.25, 0.3) is 0 Å². The minimum atomic E-state index is -0.178. The molecule has 1 N–H and O–H groups in total. The molecule has 0 aliphatic carbocycles. The zero-order chi connectivity index (χ0) is 17.1. The minimum absolute atomic E-state index is 0.0733. The smallest absolute Gasteiger partial charge is 0.185 e. The minimum Gasteiger partial charge on any atom is -0.508 e. The van der Waals surface area contributed by atoms with E-state index in [1.54, 1.807) is 18.2 Å². The molecule has 124 valence electrons. The number of carbonyl (C=O) groups is 1. The Labute approximate surface area is 141 Å². The zero-order valence-corrected chi connectivity index (χ0v) is 13.8. The number of ether oxygens (including phenoxy) is 2. The molecule has 0 fully saturated rings. The average molecular weight is 324 g/mol. The molecule has 24 heavy (non-hydrogen) atoms. The average Bonchev–Trinajstić information content (AvgIpc) is 2.91. The van der Waals surface area contributed by atoms with Crippen LogP contribution in [-0.2, 0) is 6.42 Å². The maximum atomic E-state index is 12.3. The van der Waals surface area contributed by atoms with Crippen molar-refractivity contribution in [2.75, 3.05) is 6.61 Å². The summed E-state index contributed by atoms with van der Waals surface area (Å²) in [5.74, 6) is 1.48. The van der Waals surface area contributed by atoms with Crippen LogP contribution in [0.4, 0.5) is 0 Å². The van der Waals surface area contributed by atoms with E-state index in [1.807, 2.05) is 26.0 Å². The third-order valence-corrected chi connectivity index (χ3v) is 3.87. The zero-order valence-electron chi connectivity index (χ0n) is 13.8. The molecular weight excluding hydrogens is 304 g/mol. The molecule has 1 unspecified atom stereocenters. The van der Waals surface area contributed by atoms with E-state index in [0.717, 1.165) is 29.0 Å². The molecule has 1 aliphatic rings. The van der Waals surface area contributed by atoms with Crippen molar-refractivity contribution in [1.29, 1.82) is 0 Å². The third-order valence-electron chi connectivity index (χ3n) is 3.87. The maximum Gasteiger partial charge on any atom is 0.185 e. The first-order chi connectivity index (χ1) is 11.6. The predicted octanol–water partition coefficient (Wildman–Crippen LogP) is 4.01. The fourth-order valence-corrected chi connectivity index (χ4v) is 2.79. The molecule has 1 heterocycles. The van der Waals surface area contributed by atoms with Crippen LogP contribution in [-0.4, -0.2) is 23.6 Å². The molecular formula is C20H20O4. The Balaban J connectivity index is 1.88. The highest BCUT2D eigenvalue weighted by atomic mass is 16.5. The van der Waals surface area contributed by atoms with E-state index in [0.29, 0.717) is 12.2 Å². The van der Waals surface area contributed by atoms with Crippen LogP contribution in [0, 0.1) is 0 Å². The molecule has 0 saturated heterocycles. The number of rotatable bonds is 5. The van der Waals surface area contributed by atoms with Crippen molar-refractivity contribution in [2.45, 2.75) is 26.4 Å². The largest absolute Gasteiger partial charge is 0.508 e. The van der Waals surface area contributed by atoms with Gasteiger partial charge in [-0.2, -0.15) is 0 Å². The topological polar surface area (TPSA) is 55.8 Å². The molecule has 1 aliphatic heterocycles. The van der Waals surface area contributed by atoms with E-state index < -0.39 is 0 Å². The Morgan fingerprint density at radius 3 is 2.96 bits per heavy atom. The highest BCUT2D eigenvalue weighted by Crippen LogP contribution is 2.35. The lowest BCUT2D eigenvalue weighted by molar-refractivity contribution is 0.104. The maximum absolute atomic E-state index is 12.3. The van der Waals surface area contributed by atoms with E-state index >= 15 is 0 Å².